The van der Waals surface area contributed by atoms with Crippen LogP contribution in [0.5, 0.6) is 0 Å². The van der Waals surface area contributed by atoms with Crippen molar-refractivity contribution in [2.75, 3.05) is 6.54 Å². The summed E-state index contributed by atoms with van der Waals surface area (Å²) in [5.41, 5.74) is -0.325. The summed E-state index contributed by atoms with van der Waals surface area (Å²) >= 11 is 0. The molecule has 1 heterocycles. The lowest BCUT2D eigenvalue weighted by molar-refractivity contribution is 0.0801. The van der Waals surface area contributed by atoms with Gasteiger partial charge in [0.25, 0.3) is 0 Å². The van der Waals surface area contributed by atoms with Crippen LogP contribution in [-0.4, -0.2) is 34.9 Å². The maximum absolute atomic E-state index is 13.4. The van der Waals surface area contributed by atoms with E-state index in [1.807, 2.05) is 20.8 Å². The molecule has 1 rings (SSSR count). The van der Waals surface area contributed by atoms with Crippen LogP contribution in [0, 0.1) is 5.41 Å². The van der Waals surface area contributed by atoms with E-state index in [0.717, 1.165) is 0 Å². The molecule has 4 heteroatoms. The molecular weight excluding hydrogens is 173 g/mol. The highest BCUT2D eigenvalue weighted by atomic mass is 19.1. The number of rotatable bonds is 0. The van der Waals surface area contributed by atoms with E-state index in [-0.39, 0.29) is 5.41 Å². The number of hydrogen-bond donors (Lipinski definition) is 1. The predicted molar refractivity (Wildman–Crippen MR) is 47.5 cm³/mol. The maximum Gasteiger partial charge on any atom is 0.407 e. The number of carbonyl (C=O) groups is 1. The van der Waals surface area contributed by atoms with Crippen LogP contribution in [0.3, 0.4) is 0 Å². The molecule has 76 valence electrons. The van der Waals surface area contributed by atoms with E-state index in [9.17, 15) is 9.18 Å². The van der Waals surface area contributed by atoms with E-state index < -0.39 is 18.3 Å². The minimum atomic E-state index is -1.02. The summed E-state index contributed by atoms with van der Waals surface area (Å²) in [6.07, 6.45) is -1.70. The maximum atomic E-state index is 13.4. The Morgan fingerprint density at radius 2 is 2.08 bits per heavy atom. The van der Waals surface area contributed by atoms with Gasteiger partial charge in [-0.3, -0.25) is 0 Å². The summed E-state index contributed by atoms with van der Waals surface area (Å²) in [5, 5.41) is 8.82. The normalized spacial score (nSPS) is 29.4. The highest BCUT2D eigenvalue weighted by Crippen LogP contribution is 2.34. The molecule has 2 atom stereocenters. The highest BCUT2D eigenvalue weighted by molar-refractivity contribution is 5.66. The van der Waals surface area contributed by atoms with Gasteiger partial charge in [-0.2, -0.15) is 0 Å². The summed E-state index contributed by atoms with van der Waals surface area (Å²) in [4.78, 5) is 12.0. The van der Waals surface area contributed by atoms with Gasteiger partial charge < -0.3 is 10.0 Å². The van der Waals surface area contributed by atoms with Crippen molar-refractivity contribution in [2.45, 2.75) is 39.4 Å². The molecule has 1 amide bonds. The molecule has 0 spiro atoms. The fourth-order valence-corrected chi connectivity index (χ4v) is 1.98. The standard InChI is InChI=1S/C9H16FNO2/c1-9(2,3)7-6(10)4-5-11(7)8(12)13/h6-7H,4-5H2,1-3H3,(H,12,13). The first-order valence-electron chi connectivity index (χ1n) is 4.47. The Bertz CT molecular complexity index is 212. The third kappa shape index (κ3) is 1.92. The zero-order valence-electron chi connectivity index (χ0n) is 8.25. The smallest absolute Gasteiger partial charge is 0.407 e. The highest BCUT2D eigenvalue weighted by Gasteiger charge is 2.44. The Morgan fingerprint density at radius 1 is 1.54 bits per heavy atom. The second-order valence-corrected chi connectivity index (χ2v) is 4.59. The fraction of sp³-hybridized carbons (Fsp3) is 0.889. The van der Waals surface area contributed by atoms with Gasteiger partial charge in [0.2, 0.25) is 0 Å². The zero-order valence-corrected chi connectivity index (χ0v) is 8.25. The van der Waals surface area contributed by atoms with Gasteiger partial charge in [0, 0.05) is 6.54 Å². The van der Waals surface area contributed by atoms with E-state index in [2.05, 4.69) is 0 Å². The predicted octanol–water partition coefficient (Wildman–Crippen LogP) is 2.12. The molecule has 0 aromatic carbocycles. The van der Waals surface area contributed by atoms with Crippen molar-refractivity contribution in [3.63, 3.8) is 0 Å². The SMILES string of the molecule is CC(C)(C)C1C(F)CCN1C(=O)O. The van der Waals surface area contributed by atoms with Crippen molar-refractivity contribution in [3.05, 3.63) is 0 Å². The Hall–Kier alpha value is -0.800. The number of alkyl halides is 1. The van der Waals surface area contributed by atoms with Crippen LogP contribution >= 0.6 is 0 Å². The largest absolute Gasteiger partial charge is 0.465 e. The van der Waals surface area contributed by atoms with Crippen molar-refractivity contribution in [3.8, 4) is 0 Å². The van der Waals surface area contributed by atoms with Crippen molar-refractivity contribution in [1.29, 1.82) is 0 Å². The third-order valence-corrected chi connectivity index (χ3v) is 2.46. The van der Waals surface area contributed by atoms with Crippen LogP contribution in [0.15, 0.2) is 0 Å². The van der Waals surface area contributed by atoms with E-state index >= 15 is 0 Å². The first-order valence-corrected chi connectivity index (χ1v) is 4.47. The quantitative estimate of drug-likeness (QED) is 0.634. The van der Waals surface area contributed by atoms with Crippen molar-refractivity contribution in [1.82, 2.24) is 4.90 Å². The molecule has 0 saturated carbocycles. The van der Waals surface area contributed by atoms with Crippen molar-refractivity contribution in [2.24, 2.45) is 5.41 Å². The molecule has 13 heavy (non-hydrogen) atoms. The Labute approximate surface area is 77.5 Å². The van der Waals surface area contributed by atoms with Crippen molar-refractivity contribution < 1.29 is 14.3 Å². The molecule has 3 nitrogen and oxygen atoms in total. The van der Waals surface area contributed by atoms with Gasteiger partial charge in [-0.25, -0.2) is 9.18 Å². The molecule has 0 aromatic rings. The topological polar surface area (TPSA) is 40.5 Å². The summed E-state index contributed by atoms with van der Waals surface area (Å²) in [6, 6.07) is -0.495. The Balaban J connectivity index is 2.83. The van der Waals surface area contributed by atoms with Crippen LogP contribution in [0.1, 0.15) is 27.2 Å². The Kier molecular flexibility index (Phi) is 2.50. The minimum Gasteiger partial charge on any atom is -0.465 e. The van der Waals surface area contributed by atoms with Crippen LogP contribution in [0.2, 0.25) is 0 Å². The number of carboxylic acid groups (broad SMARTS) is 1. The van der Waals surface area contributed by atoms with E-state index in [4.69, 9.17) is 5.11 Å². The van der Waals surface area contributed by atoms with Crippen molar-refractivity contribution >= 4 is 6.09 Å². The van der Waals surface area contributed by atoms with Gasteiger partial charge in [-0.05, 0) is 11.8 Å². The molecule has 1 aliphatic heterocycles. The van der Waals surface area contributed by atoms with Crippen LogP contribution in [0.25, 0.3) is 0 Å². The number of amides is 1. The van der Waals surface area contributed by atoms with Gasteiger partial charge in [0.05, 0.1) is 6.04 Å². The van der Waals surface area contributed by atoms with Gasteiger partial charge in [-0.15, -0.1) is 0 Å². The van der Waals surface area contributed by atoms with E-state index in [0.29, 0.717) is 13.0 Å². The lowest BCUT2D eigenvalue weighted by Crippen LogP contribution is -2.46. The van der Waals surface area contributed by atoms with Gasteiger partial charge in [0.1, 0.15) is 6.17 Å². The molecule has 0 bridgehead atoms. The minimum absolute atomic E-state index is 0.318. The second-order valence-electron chi connectivity index (χ2n) is 4.59. The van der Waals surface area contributed by atoms with Crippen LogP contribution in [0.4, 0.5) is 9.18 Å². The lowest BCUT2D eigenvalue weighted by Gasteiger charge is -2.34. The summed E-state index contributed by atoms with van der Waals surface area (Å²) in [7, 11) is 0. The van der Waals surface area contributed by atoms with Gasteiger partial charge in [0.15, 0.2) is 0 Å². The number of nitrogens with zero attached hydrogens (tertiary/aromatic N) is 1. The van der Waals surface area contributed by atoms with E-state index in [1.54, 1.807) is 0 Å². The summed E-state index contributed by atoms with van der Waals surface area (Å²) in [5.74, 6) is 0. The number of likely N-dealkylation sites (tertiary alicyclic amines) is 1. The lowest BCUT2D eigenvalue weighted by atomic mass is 9.84. The molecule has 2 unspecified atom stereocenters. The molecule has 1 aliphatic rings. The molecule has 1 fully saturated rings. The second kappa shape index (κ2) is 3.16. The van der Waals surface area contributed by atoms with Crippen LogP contribution < -0.4 is 0 Å². The summed E-state index contributed by atoms with van der Waals surface area (Å²) < 4.78 is 13.4. The first-order chi connectivity index (χ1) is 5.84. The fourth-order valence-electron chi connectivity index (χ4n) is 1.98. The molecule has 1 saturated heterocycles. The first kappa shape index (κ1) is 10.3. The molecule has 0 aromatic heterocycles. The number of halogens is 1. The monoisotopic (exact) mass is 189 g/mol. The van der Waals surface area contributed by atoms with Gasteiger partial charge in [-0.1, -0.05) is 20.8 Å². The Morgan fingerprint density at radius 3 is 2.38 bits per heavy atom. The van der Waals surface area contributed by atoms with Gasteiger partial charge >= 0.3 is 6.09 Å². The zero-order chi connectivity index (χ0) is 10.2. The molecule has 0 aliphatic carbocycles. The number of hydrogen-bond acceptors (Lipinski definition) is 1. The molecular formula is C9H16FNO2. The average molecular weight is 189 g/mol. The molecule has 0 radical (unpaired) electrons. The van der Waals surface area contributed by atoms with E-state index in [1.165, 1.54) is 4.90 Å². The summed E-state index contributed by atoms with van der Waals surface area (Å²) in [6.45, 7) is 5.92. The average Bonchev–Trinajstić information content (AvgIpc) is 2.28. The molecule has 1 N–H and O–H groups in total. The van der Waals surface area contributed by atoms with Crippen LogP contribution in [-0.2, 0) is 0 Å². The third-order valence-electron chi connectivity index (χ3n) is 2.46.